The monoisotopic (exact) mass is 381 g/mol. The normalized spacial score (nSPS) is 12.0. The van der Waals surface area contributed by atoms with Crippen LogP contribution < -0.4 is 5.32 Å². The van der Waals surface area contributed by atoms with Gasteiger partial charge >= 0.3 is 0 Å². The molecule has 2 heterocycles. The van der Waals surface area contributed by atoms with Crippen molar-refractivity contribution in [1.29, 1.82) is 0 Å². The first kappa shape index (κ1) is 16.7. The number of anilines is 2. The molecule has 0 spiro atoms. The smallest absolute Gasteiger partial charge is 0.247 e. The van der Waals surface area contributed by atoms with Gasteiger partial charge in [-0.05, 0) is 31.2 Å². The predicted molar refractivity (Wildman–Crippen MR) is 104 cm³/mol. The van der Waals surface area contributed by atoms with Crippen LogP contribution in [0.4, 0.5) is 10.8 Å². The van der Waals surface area contributed by atoms with Gasteiger partial charge in [-0.3, -0.25) is 0 Å². The quantitative estimate of drug-likeness (QED) is 0.461. The summed E-state index contributed by atoms with van der Waals surface area (Å²) in [5, 5.41) is 20.7. The first-order valence-electron chi connectivity index (χ1n) is 7.99. The Labute approximate surface area is 158 Å². The van der Waals surface area contributed by atoms with Crippen molar-refractivity contribution in [2.24, 2.45) is 0 Å². The van der Waals surface area contributed by atoms with Crippen LogP contribution in [0.5, 0.6) is 0 Å². The van der Waals surface area contributed by atoms with Crippen LogP contribution in [0.1, 0.15) is 18.1 Å². The van der Waals surface area contributed by atoms with E-state index in [0.29, 0.717) is 11.8 Å². The average molecular weight is 381 g/mol. The van der Waals surface area contributed by atoms with Crippen LogP contribution in [-0.4, -0.2) is 20.4 Å². The van der Waals surface area contributed by atoms with Crippen LogP contribution in [0.3, 0.4) is 0 Å². The molecule has 0 aliphatic heterocycles. The average Bonchev–Trinajstić information content (AvgIpc) is 3.33. The lowest BCUT2D eigenvalue weighted by Crippen LogP contribution is -1.88. The Morgan fingerprint density at radius 2 is 1.65 bits per heavy atom. The fourth-order valence-corrected chi connectivity index (χ4v) is 4.20. The Balaban J connectivity index is 1.42. The minimum Gasteiger partial charge on any atom is -0.419 e. The number of hydrogen-bond donors (Lipinski definition) is 1. The van der Waals surface area contributed by atoms with E-state index in [9.17, 15) is 0 Å². The molecule has 2 aromatic carbocycles. The largest absolute Gasteiger partial charge is 0.419 e. The lowest BCUT2D eigenvalue weighted by Gasteiger charge is -2.02. The molecule has 26 heavy (non-hydrogen) atoms. The zero-order valence-electron chi connectivity index (χ0n) is 13.9. The van der Waals surface area contributed by atoms with E-state index in [2.05, 4.69) is 25.7 Å². The van der Waals surface area contributed by atoms with Crippen LogP contribution in [0.2, 0.25) is 0 Å². The van der Waals surface area contributed by atoms with Crippen molar-refractivity contribution in [1.82, 2.24) is 20.4 Å². The molecule has 0 amide bonds. The molecule has 0 bridgehead atoms. The Bertz CT molecular complexity index is 971. The predicted octanol–water partition coefficient (Wildman–Crippen LogP) is 5.19. The fourth-order valence-electron chi connectivity index (χ4n) is 2.25. The molecule has 6 nitrogen and oxygen atoms in total. The summed E-state index contributed by atoms with van der Waals surface area (Å²) >= 11 is 3.04. The van der Waals surface area contributed by atoms with E-state index in [1.165, 1.54) is 11.3 Å². The minimum atomic E-state index is -0.0162. The molecule has 8 heteroatoms. The van der Waals surface area contributed by atoms with E-state index >= 15 is 0 Å². The van der Waals surface area contributed by atoms with Crippen molar-refractivity contribution in [2.45, 2.75) is 16.5 Å². The highest BCUT2D eigenvalue weighted by molar-refractivity contribution is 8.01. The van der Waals surface area contributed by atoms with Crippen LogP contribution in [0, 0.1) is 0 Å². The molecule has 1 N–H and O–H groups in total. The number of benzene rings is 2. The number of thioether (sulfide) groups is 1. The van der Waals surface area contributed by atoms with Gasteiger partial charge in [0.25, 0.3) is 0 Å². The second kappa shape index (κ2) is 7.67. The van der Waals surface area contributed by atoms with Gasteiger partial charge in [0.15, 0.2) is 4.34 Å². The van der Waals surface area contributed by atoms with Gasteiger partial charge < -0.3 is 9.73 Å². The van der Waals surface area contributed by atoms with Crippen molar-refractivity contribution < 1.29 is 4.42 Å². The molecule has 130 valence electrons. The molecule has 1 atom stereocenters. The van der Waals surface area contributed by atoms with Crippen LogP contribution in [0.15, 0.2) is 69.4 Å². The van der Waals surface area contributed by atoms with Crippen LogP contribution in [-0.2, 0) is 0 Å². The highest BCUT2D eigenvalue weighted by atomic mass is 32.2. The van der Waals surface area contributed by atoms with Crippen LogP contribution >= 0.6 is 23.1 Å². The molecule has 4 aromatic rings. The molecule has 0 unspecified atom stereocenters. The topological polar surface area (TPSA) is 76.7 Å². The Kier molecular flexibility index (Phi) is 4.94. The van der Waals surface area contributed by atoms with Gasteiger partial charge in [-0.25, -0.2) is 0 Å². The van der Waals surface area contributed by atoms with Crippen molar-refractivity contribution in [3.05, 3.63) is 66.6 Å². The number of para-hydroxylation sites is 1. The van der Waals surface area contributed by atoms with Gasteiger partial charge in [0.2, 0.25) is 16.9 Å². The first-order chi connectivity index (χ1) is 12.8. The van der Waals surface area contributed by atoms with E-state index in [1.54, 1.807) is 11.8 Å². The molecule has 0 radical (unpaired) electrons. The van der Waals surface area contributed by atoms with Crippen molar-refractivity contribution >= 4 is 33.9 Å². The molecule has 0 saturated carbocycles. The van der Waals surface area contributed by atoms with Gasteiger partial charge in [0.1, 0.15) is 0 Å². The second-order valence-corrected chi connectivity index (χ2v) is 8.00. The van der Waals surface area contributed by atoms with Gasteiger partial charge in [-0.1, -0.05) is 59.5 Å². The number of aromatic nitrogens is 4. The minimum absolute atomic E-state index is 0.0162. The van der Waals surface area contributed by atoms with Crippen molar-refractivity contribution in [3.63, 3.8) is 0 Å². The van der Waals surface area contributed by atoms with Gasteiger partial charge in [-0.15, -0.1) is 20.4 Å². The van der Waals surface area contributed by atoms with Gasteiger partial charge in [-0.2, -0.15) is 0 Å². The van der Waals surface area contributed by atoms with E-state index in [4.69, 9.17) is 4.42 Å². The maximum absolute atomic E-state index is 5.80. The number of hydrogen-bond acceptors (Lipinski definition) is 8. The fraction of sp³-hybridized carbons (Fsp3) is 0.111. The standard InChI is InChI=1S/C18H15N5OS2/c1-12(15-20-21-16(24-15)13-8-4-2-5-9-13)25-18-23-22-17(26-18)19-14-10-6-3-7-11-14/h2-12H,1H3,(H,19,22)/t12-/m1/s1. The third-order valence-electron chi connectivity index (χ3n) is 3.52. The van der Waals surface area contributed by atoms with Gasteiger partial charge in [0, 0.05) is 11.3 Å². The van der Waals surface area contributed by atoms with E-state index in [1.807, 2.05) is 67.6 Å². The summed E-state index contributed by atoms with van der Waals surface area (Å²) in [7, 11) is 0. The number of nitrogens with one attached hydrogen (secondary N) is 1. The Hall–Kier alpha value is -2.71. The SMILES string of the molecule is C[C@@H](Sc1nnc(Nc2ccccc2)s1)c1nnc(-c2ccccc2)o1. The van der Waals surface area contributed by atoms with Gasteiger partial charge in [0.05, 0.1) is 5.25 Å². The Morgan fingerprint density at radius 1 is 0.923 bits per heavy atom. The van der Waals surface area contributed by atoms with E-state index < -0.39 is 0 Å². The maximum atomic E-state index is 5.80. The molecule has 2 aromatic heterocycles. The summed E-state index contributed by atoms with van der Waals surface area (Å²) in [6.07, 6.45) is 0. The molecule has 0 fully saturated rings. The summed E-state index contributed by atoms with van der Waals surface area (Å²) < 4.78 is 6.65. The second-order valence-electron chi connectivity index (χ2n) is 5.44. The summed E-state index contributed by atoms with van der Waals surface area (Å²) in [6.45, 7) is 2.01. The zero-order chi connectivity index (χ0) is 17.8. The summed E-state index contributed by atoms with van der Waals surface area (Å²) in [5.41, 5.74) is 1.89. The summed E-state index contributed by atoms with van der Waals surface area (Å²) in [6, 6.07) is 19.6. The Morgan fingerprint density at radius 3 is 2.42 bits per heavy atom. The maximum Gasteiger partial charge on any atom is 0.247 e. The molecule has 0 aliphatic rings. The zero-order valence-corrected chi connectivity index (χ0v) is 15.5. The highest BCUT2D eigenvalue weighted by Gasteiger charge is 2.18. The van der Waals surface area contributed by atoms with E-state index in [-0.39, 0.29) is 5.25 Å². The molecular formula is C18H15N5OS2. The first-order valence-corrected chi connectivity index (χ1v) is 9.68. The molecule has 0 aliphatic carbocycles. The third kappa shape index (κ3) is 3.92. The van der Waals surface area contributed by atoms with Crippen molar-refractivity contribution in [2.75, 3.05) is 5.32 Å². The molecular weight excluding hydrogens is 366 g/mol. The molecule has 0 saturated heterocycles. The number of rotatable bonds is 6. The summed E-state index contributed by atoms with van der Waals surface area (Å²) in [4.78, 5) is 0. The number of nitrogens with zero attached hydrogens (tertiary/aromatic N) is 4. The van der Waals surface area contributed by atoms with E-state index in [0.717, 1.165) is 20.7 Å². The highest BCUT2D eigenvalue weighted by Crippen LogP contribution is 2.38. The lowest BCUT2D eigenvalue weighted by atomic mass is 10.2. The molecule has 4 rings (SSSR count). The van der Waals surface area contributed by atoms with Crippen molar-refractivity contribution in [3.8, 4) is 11.5 Å². The summed E-state index contributed by atoms with van der Waals surface area (Å²) in [5.74, 6) is 1.10. The van der Waals surface area contributed by atoms with Crippen LogP contribution in [0.25, 0.3) is 11.5 Å². The third-order valence-corrected chi connectivity index (χ3v) is 5.53. The lowest BCUT2D eigenvalue weighted by molar-refractivity contribution is 0.509.